The Balaban J connectivity index is 2.35. The van der Waals surface area contributed by atoms with Crippen molar-refractivity contribution < 1.29 is 4.74 Å². The van der Waals surface area contributed by atoms with Crippen molar-refractivity contribution in [3.8, 4) is 18.2 Å². The molecule has 0 aromatic carbocycles. The highest BCUT2D eigenvalue weighted by Gasteiger charge is 2.25. The second-order valence-electron chi connectivity index (χ2n) is 3.50. The molecular formula is C11H12N2O. The summed E-state index contributed by atoms with van der Waals surface area (Å²) in [5.41, 5.74) is 1.66. The van der Waals surface area contributed by atoms with Gasteiger partial charge in [-0.2, -0.15) is 0 Å². The van der Waals surface area contributed by atoms with E-state index in [-0.39, 0.29) is 0 Å². The predicted octanol–water partition coefficient (Wildman–Crippen LogP) is 1.42. The van der Waals surface area contributed by atoms with Crippen LogP contribution in [0, 0.1) is 18.3 Å². The molecule has 0 unspecified atom stereocenters. The lowest BCUT2D eigenvalue weighted by molar-refractivity contribution is 0.390. The molecular weight excluding hydrogens is 176 g/mol. The van der Waals surface area contributed by atoms with E-state index in [2.05, 4.69) is 15.9 Å². The highest BCUT2D eigenvalue weighted by atomic mass is 16.5. The summed E-state index contributed by atoms with van der Waals surface area (Å²) in [6.07, 6.45) is 10.3. The molecule has 1 saturated carbocycles. The molecule has 1 aromatic rings. The maximum absolute atomic E-state index is 5.37. The first kappa shape index (κ1) is 9.01. The van der Waals surface area contributed by atoms with E-state index < -0.39 is 0 Å². The quantitative estimate of drug-likeness (QED) is 0.673. The van der Waals surface area contributed by atoms with Gasteiger partial charge < -0.3 is 4.74 Å². The van der Waals surface area contributed by atoms with Gasteiger partial charge >= 0.3 is 0 Å². The zero-order valence-corrected chi connectivity index (χ0v) is 8.16. The Morgan fingerprint density at radius 2 is 2.36 bits per heavy atom. The SMILES string of the molecule is C#Cc1ncnc(OC)c1CC1CC1. The van der Waals surface area contributed by atoms with Crippen LogP contribution in [0.1, 0.15) is 24.1 Å². The lowest BCUT2D eigenvalue weighted by atomic mass is 10.1. The Morgan fingerprint density at radius 1 is 1.57 bits per heavy atom. The van der Waals surface area contributed by atoms with E-state index in [0.717, 1.165) is 17.9 Å². The first-order valence-electron chi connectivity index (χ1n) is 4.69. The largest absolute Gasteiger partial charge is 0.481 e. The van der Waals surface area contributed by atoms with Crippen LogP contribution < -0.4 is 4.74 Å². The van der Waals surface area contributed by atoms with Crippen molar-refractivity contribution >= 4 is 0 Å². The average Bonchev–Trinajstić information content (AvgIpc) is 3.02. The van der Waals surface area contributed by atoms with E-state index in [1.54, 1.807) is 7.11 Å². The maximum Gasteiger partial charge on any atom is 0.220 e. The summed E-state index contributed by atoms with van der Waals surface area (Å²) >= 11 is 0. The van der Waals surface area contributed by atoms with Gasteiger partial charge in [0.05, 0.1) is 7.11 Å². The van der Waals surface area contributed by atoms with Gasteiger partial charge in [-0.05, 0) is 31.1 Å². The summed E-state index contributed by atoms with van der Waals surface area (Å²) in [7, 11) is 1.61. The zero-order valence-electron chi connectivity index (χ0n) is 8.16. The normalized spacial score (nSPS) is 14.9. The molecule has 2 rings (SSSR count). The van der Waals surface area contributed by atoms with Crippen molar-refractivity contribution in [2.45, 2.75) is 19.3 Å². The van der Waals surface area contributed by atoms with Gasteiger partial charge in [-0.3, -0.25) is 0 Å². The molecule has 1 heterocycles. The molecule has 0 bridgehead atoms. The number of rotatable bonds is 3. The van der Waals surface area contributed by atoms with Gasteiger partial charge in [-0.1, -0.05) is 0 Å². The Morgan fingerprint density at radius 3 is 2.93 bits per heavy atom. The zero-order chi connectivity index (χ0) is 9.97. The molecule has 0 N–H and O–H groups in total. The fourth-order valence-electron chi connectivity index (χ4n) is 1.49. The first-order valence-corrected chi connectivity index (χ1v) is 4.69. The minimum atomic E-state index is 0.625. The molecule has 72 valence electrons. The third-order valence-corrected chi connectivity index (χ3v) is 2.43. The monoisotopic (exact) mass is 188 g/mol. The predicted molar refractivity (Wildman–Crippen MR) is 52.9 cm³/mol. The molecule has 1 aromatic heterocycles. The maximum atomic E-state index is 5.37. The van der Waals surface area contributed by atoms with Gasteiger partial charge in [0.25, 0.3) is 0 Å². The molecule has 0 spiro atoms. The number of ether oxygens (including phenoxy) is 1. The second-order valence-corrected chi connectivity index (χ2v) is 3.50. The summed E-state index contributed by atoms with van der Waals surface area (Å²) in [6.45, 7) is 0. The van der Waals surface area contributed by atoms with Crippen molar-refractivity contribution in [2.75, 3.05) is 7.11 Å². The van der Waals surface area contributed by atoms with Crippen LogP contribution in [0.15, 0.2) is 6.33 Å². The van der Waals surface area contributed by atoms with Crippen LogP contribution in [0.4, 0.5) is 0 Å². The van der Waals surface area contributed by atoms with Gasteiger partial charge in [0, 0.05) is 5.56 Å². The molecule has 0 aliphatic heterocycles. The molecule has 1 aliphatic rings. The van der Waals surface area contributed by atoms with Crippen LogP contribution in [0.5, 0.6) is 5.88 Å². The first-order chi connectivity index (χ1) is 6.85. The van der Waals surface area contributed by atoms with Gasteiger partial charge in [0.1, 0.15) is 12.0 Å². The number of hydrogen-bond donors (Lipinski definition) is 0. The van der Waals surface area contributed by atoms with Crippen molar-refractivity contribution in [2.24, 2.45) is 5.92 Å². The third-order valence-electron chi connectivity index (χ3n) is 2.43. The number of methoxy groups -OCH3 is 1. The third kappa shape index (κ3) is 1.69. The fourth-order valence-corrected chi connectivity index (χ4v) is 1.49. The lowest BCUT2D eigenvalue weighted by Gasteiger charge is -2.07. The van der Waals surface area contributed by atoms with Crippen LogP contribution in [0.25, 0.3) is 0 Å². The topological polar surface area (TPSA) is 35.0 Å². The van der Waals surface area contributed by atoms with Gasteiger partial charge in [-0.15, -0.1) is 6.42 Å². The van der Waals surface area contributed by atoms with Gasteiger partial charge in [0.2, 0.25) is 5.88 Å². The second kappa shape index (κ2) is 3.67. The van der Waals surface area contributed by atoms with Crippen molar-refractivity contribution in [1.82, 2.24) is 9.97 Å². The van der Waals surface area contributed by atoms with Crippen molar-refractivity contribution in [3.05, 3.63) is 17.6 Å². The molecule has 1 fully saturated rings. The summed E-state index contributed by atoms with van der Waals surface area (Å²) in [4.78, 5) is 8.12. The van der Waals surface area contributed by atoms with E-state index in [4.69, 9.17) is 11.2 Å². The minimum absolute atomic E-state index is 0.625. The summed E-state index contributed by atoms with van der Waals surface area (Å²) in [6, 6.07) is 0. The number of terminal acetylenes is 1. The molecule has 1 aliphatic carbocycles. The van der Waals surface area contributed by atoms with Crippen molar-refractivity contribution in [3.63, 3.8) is 0 Å². The van der Waals surface area contributed by atoms with Crippen molar-refractivity contribution in [1.29, 1.82) is 0 Å². The lowest BCUT2D eigenvalue weighted by Crippen LogP contribution is -2.01. The minimum Gasteiger partial charge on any atom is -0.481 e. The smallest absolute Gasteiger partial charge is 0.220 e. The molecule has 0 atom stereocenters. The Kier molecular flexibility index (Phi) is 2.36. The Bertz CT molecular complexity index is 377. The van der Waals surface area contributed by atoms with E-state index in [1.165, 1.54) is 19.2 Å². The molecule has 3 heteroatoms. The molecule has 0 radical (unpaired) electrons. The van der Waals surface area contributed by atoms with Gasteiger partial charge in [-0.25, -0.2) is 9.97 Å². The van der Waals surface area contributed by atoms with Crippen LogP contribution in [-0.2, 0) is 6.42 Å². The van der Waals surface area contributed by atoms with Gasteiger partial charge in [0.15, 0.2) is 0 Å². The number of nitrogens with zero attached hydrogens (tertiary/aromatic N) is 2. The van der Waals surface area contributed by atoms with E-state index >= 15 is 0 Å². The average molecular weight is 188 g/mol. The summed E-state index contributed by atoms with van der Waals surface area (Å²) in [5, 5.41) is 0. The highest BCUT2D eigenvalue weighted by molar-refractivity contribution is 5.39. The molecule has 0 saturated heterocycles. The summed E-state index contributed by atoms with van der Waals surface area (Å²) < 4.78 is 5.17. The number of aromatic nitrogens is 2. The van der Waals surface area contributed by atoms with E-state index in [1.807, 2.05) is 0 Å². The van der Waals surface area contributed by atoms with Crippen LogP contribution in [0.3, 0.4) is 0 Å². The van der Waals surface area contributed by atoms with Crippen LogP contribution >= 0.6 is 0 Å². The van der Waals surface area contributed by atoms with Crippen LogP contribution in [0.2, 0.25) is 0 Å². The molecule has 14 heavy (non-hydrogen) atoms. The van der Waals surface area contributed by atoms with E-state index in [0.29, 0.717) is 11.6 Å². The van der Waals surface area contributed by atoms with E-state index in [9.17, 15) is 0 Å². The summed E-state index contributed by atoms with van der Waals surface area (Å²) in [5.74, 6) is 3.95. The number of hydrogen-bond acceptors (Lipinski definition) is 3. The molecule has 3 nitrogen and oxygen atoms in total. The Labute approximate surface area is 83.5 Å². The molecule has 0 amide bonds. The fraction of sp³-hybridized carbons (Fsp3) is 0.455. The standard InChI is InChI=1S/C11H12N2O/c1-3-10-9(6-8-4-5-8)11(14-2)13-7-12-10/h1,7-8H,4-6H2,2H3. The highest BCUT2D eigenvalue weighted by Crippen LogP contribution is 2.35. The van der Waals surface area contributed by atoms with Crippen LogP contribution in [-0.4, -0.2) is 17.1 Å². The Hall–Kier alpha value is -1.56.